The summed E-state index contributed by atoms with van der Waals surface area (Å²) >= 11 is 7.78. The van der Waals surface area contributed by atoms with Crippen molar-refractivity contribution in [2.24, 2.45) is 11.8 Å². The maximum Gasteiger partial charge on any atom is 0.0931 e. The summed E-state index contributed by atoms with van der Waals surface area (Å²) in [5.74, 6) is 1.72. The van der Waals surface area contributed by atoms with Crippen molar-refractivity contribution in [1.29, 1.82) is 0 Å². The van der Waals surface area contributed by atoms with Crippen LogP contribution in [0.5, 0.6) is 0 Å². The maximum absolute atomic E-state index is 6.03. The Morgan fingerprint density at radius 2 is 2.17 bits per heavy atom. The van der Waals surface area contributed by atoms with Crippen molar-refractivity contribution in [2.45, 2.75) is 52.0 Å². The quantitative estimate of drug-likeness (QED) is 0.823. The van der Waals surface area contributed by atoms with Gasteiger partial charge in [0.25, 0.3) is 0 Å². The van der Waals surface area contributed by atoms with Gasteiger partial charge in [0.2, 0.25) is 0 Å². The van der Waals surface area contributed by atoms with Crippen LogP contribution in [0.15, 0.2) is 12.1 Å². The van der Waals surface area contributed by atoms with E-state index in [2.05, 4.69) is 25.2 Å². The van der Waals surface area contributed by atoms with Crippen LogP contribution in [0.3, 0.4) is 0 Å². The lowest BCUT2D eigenvalue weighted by Crippen LogP contribution is -2.41. The Kier molecular flexibility index (Phi) is 5.53. The molecule has 18 heavy (non-hydrogen) atoms. The van der Waals surface area contributed by atoms with Crippen LogP contribution in [0.4, 0.5) is 0 Å². The highest BCUT2D eigenvalue weighted by Crippen LogP contribution is 2.35. The highest BCUT2D eigenvalue weighted by molar-refractivity contribution is 7.16. The van der Waals surface area contributed by atoms with E-state index in [0.717, 1.165) is 22.7 Å². The first-order chi connectivity index (χ1) is 8.72. The molecular weight excluding hydrogens is 262 g/mol. The number of hydrogen-bond acceptors (Lipinski definition) is 2. The third-order valence-electron chi connectivity index (χ3n) is 4.23. The largest absolute Gasteiger partial charge is 0.314 e. The first-order valence-corrected chi connectivity index (χ1v) is 8.40. The second kappa shape index (κ2) is 6.93. The minimum absolute atomic E-state index is 0.707. The van der Waals surface area contributed by atoms with Crippen LogP contribution in [-0.4, -0.2) is 12.6 Å². The summed E-state index contributed by atoms with van der Waals surface area (Å²) < 4.78 is 0.924. The molecular formula is C15H24ClNS. The molecule has 1 aliphatic carbocycles. The lowest BCUT2D eigenvalue weighted by Gasteiger charge is -2.36. The molecule has 1 saturated carbocycles. The van der Waals surface area contributed by atoms with Crippen molar-refractivity contribution in [1.82, 2.24) is 5.32 Å². The van der Waals surface area contributed by atoms with Crippen LogP contribution in [0, 0.1) is 11.8 Å². The first kappa shape index (κ1) is 14.4. The number of thiophene rings is 1. The fraction of sp³-hybridized carbons (Fsp3) is 0.733. The van der Waals surface area contributed by atoms with E-state index in [-0.39, 0.29) is 0 Å². The molecule has 0 spiro atoms. The fourth-order valence-electron chi connectivity index (χ4n) is 3.21. The monoisotopic (exact) mass is 285 g/mol. The van der Waals surface area contributed by atoms with E-state index >= 15 is 0 Å². The number of rotatable bonds is 5. The Bertz CT molecular complexity index is 363. The molecule has 3 unspecified atom stereocenters. The standard InChI is InChI=1S/C15H24ClNS/c1-3-11-5-7-14(17-4-2)12(9-11)10-13-6-8-15(16)18-13/h6,8,11-12,14,17H,3-5,7,9-10H2,1-2H3. The molecule has 0 aliphatic heterocycles. The van der Waals surface area contributed by atoms with Gasteiger partial charge < -0.3 is 5.32 Å². The Hall–Kier alpha value is -0.0500. The van der Waals surface area contributed by atoms with Crippen molar-refractivity contribution in [3.63, 3.8) is 0 Å². The van der Waals surface area contributed by atoms with Crippen LogP contribution in [0.1, 0.15) is 44.4 Å². The van der Waals surface area contributed by atoms with Gasteiger partial charge in [-0.1, -0.05) is 31.9 Å². The van der Waals surface area contributed by atoms with Crippen molar-refractivity contribution in [2.75, 3.05) is 6.54 Å². The highest BCUT2D eigenvalue weighted by atomic mass is 35.5. The van der Waals surface area contributed by atoms with Crippen molar-refractivity contribution < 1.29 is 0 Å². The first-order valence-electron chi connectivity index (χ1n) is 7.20. The van der Waals surface area contributed by atoms with Gasteiger partial charge in [0.15, 0.2) is 0 Å². The Morgan fingerprint density at radius 3 is 2.78 bits per heavy atom. The van der Waals surface area contributed by atoms with Crippen LogP contribution < -0.4 is 5.32 Å². The van der Waals surface area contributed by atoms with Gasteiger partial charge >= 0.3 is 0 Å². The number of hydrogen-bond donors (Lipinski definition) is 1. The Balaban J connectivity index is 2.00. The van der Waals surface area contributed by atoms with Crippen LogP contribution >= 0.6 is 22.9 Å². The smallest absolute Gasteiger partial charge is 0.0931 e. The minimum atomic E-state index is 0.707. The van der Waals surface area contributed by atoms with E-state index in [1.165, 1.54) is 37.0 Å². The predicted molar refractivity (Wildman–Crippen MR) is 81.6 cm³/mol. The van der Waals surface area contributed by atoms with E-state index < -0.39 is 0 Å². The van der Waals surface area contributed by atoms with Gasteiger partial charge in [-0.2, -0.15) is 0 Å². The average Bonchev–Trinajstić information content (AvgIpc) is 2.77. The molecule has 1 nitrogen and oxygen atoms in total. The second-order valence-electron chi connectivity index (χ2n) is 5.42. The van der Waals surface area contributed by atoms with E-state index in [1.807, 2.05) is 6.07 Å². The van der Waals surface area contributed by atoms with Crippen LogP contribution in [-0.2, 0) is 6.42 Å². The van der Waals surface area contributed by atoms with Crippen molar-refractivity contribution >= 4 is 22.9 Å². The Morgan fingerprint density at radius 1 is 1.33 bits per heavy atom. The molecule has 102 valence electrons. The molecule has 2 rings (SSSR count). The summed E-state index contributed by atoms with van der Waals surface area (Å²) in [5.41, 5.74) is 0. The molecule has 1 aromatic heterocycles. The molecule has 1 fully saturated rings. The lowest BCUT2D eigenvalue weighted by atomic mass is 9.75. The lowest BCUT2D eigenvalue weighted by molar-refractivity contribution is 0.200. The minimum Gasteiger partial charge on any atom is -0.314 e. The van der Waals surface area contributed by atoms with E-state index in [1.54, 1.807) is 11.3 Å². The van der Waals surface area contributed by atoms with Gasteiger partial charge in [-0.05, 0) is 56.2 Å². The summed E-state index contributed by atoms with van der Waals surface area (Å²) in [6, 6.07) is 4.94. The molecule has 0 aromatic carbocycles. The van der Waals surface area contributed by atoms with Crippen molar-refractivity contribution in [3.05, 3.63) is 21.3 Å². The third-order valence-corrected chi connectivity index (χ3v) is 5.48. The zero-order valence-corrected chi connectivity index (χ0v) is 13.0. The molecule has 1 aliphatic rings. The van der Waals surface area contributed by atoms with Gasteiger partial charge in [0.1, 0.15) is 0 Å². The van der Waals surface area contributed by atoms with Gasteiger partial charge in [0, 0.05) is 10.9 Å². The maximum atomic E-state index is 6.03. The fourth-order valence-corrected chi connectivity index (χ4v) is 4.39. The highest BCUT2D eigenvalue weighted by Gasteiger charge is 2.29. The molecule has 1 aromatic rings. The van der Waals surface area contributed by atoms with Crippen LogP contribution in [0.25, 0.3) is 0 Å². The summed E-state index contributed by atoms with van der Waals surface area (Å²) in [6.45, 7) is 5.63. The summed E-state index contributed by atoms with van der Waals surface area (Å²) in [6.07, 6.45) is 6.65. The summed E-state index contributed by atoms with van der Waals surface area (Å²) in [7, 11) is 0. The van der Waals surface area contributed by atoms with Crippen molar-refractivity contribution in [3.8, 4) is 0 Å². The van der Waals surface area contributed by atoms with E-state index in [4.69, 9.17) is 11.6 Å². The molecule has 3 atom stereocenters. The molecule has 3 heteroatoms. The summed E-state index contributed by atoms with van der Waals surface area (Å²) in [5, 5.41) is 3.68. The SMILES string of the molecule is CCNC1CCC(CC)CC1Cc1ccc(Cl)s1. The molecule has 0 bridgehead atoms. The summed E-state index contributed by atoms with van der Waals surface area (Å²) in [4.78, 5) is 1.45. The normalized spacial score (nSPS) is 28.5. The van der Waals surface area contributed by atoms with Gasteiger partial charge in [-0.3, -0.25) is 0 Å². The van der Waals surface area contributed by atoms with E-state index in [9.17, 15) is 0 Å². The van der Waals surface area contributed by atoms with Gasteiger partial charge in [-0.15, -0.1) is 11.3 Å². The molecule has 0 amide bonds. The zero-order valence-electron chi connectivity index (χ0n) is 11.4. The predicted octanol–water partition coefficient (Wildman–Crippen LogP) is 4.75. The topological polar surface area (TPSA) is 12.0 Å². The van der Waals surface area contributed by atoms with E-state index in [0.29, 0.717) is 6.04 Å². The molecule has 1 N–H and O–H groups in total. The number of nitrogens with one attached hydrogen (secondary N) is 1. The average molecular weight is 286 g/mol. The number of halogens is 1. The molecule has 0 saturated heterocycles. The van der Waals surface area contributed by atoms with Crippen LogP contribution in [0.2, 0.25) is 4.34 Å². The second-order valence-corrected chi connectivity index (χ2v) is 7.22. The van der Waals surface area contributed by atoms with Gasteiger partial charge in [0.05, 0.1) is 4.34 Å². The third kappa shape index (κ3) is 3.72. The Labute approximate surface area is 120 Å². The zero-order chi connectivity index (χ0) is 13.0. The molecule has 1 heterocycles. The molecule has 0 radical (unpaired) electrons. The van der Waals surface area contributed by atoms with Gasteiger partial charge in [-0.25, -0.2) is 0 Å².